The highest BCUT2D eigenvalue weighted by molar-refractivity contribution is 6.08. The standard InChI is InChI=1S/C32H25N3O3/c33-25-10-3-5-12-27(25)37-29-14-7-15-30(38-28-13-6-4-11-26(28)34)31(29)32(36)35-22-16-17-24-21(19-22)18-20-8-1-2-9-23(20)24/h1-17,19H,18,33-34H2,(H,35,36). The summed E-state index contributed by atoms with van der Waals surface area (Å²) in [7, 11) is 0. The fraction of sp³-hybridized carbons (Fsp3) is 0.0312. The molecule has 0 aliphatic heterocycles. The Morgan fingerprint density at radius 3 is 1.82 bits per heavy atom. The summed E-state index contributed by atoms with van der Waals surface area (Å²) in [5.41, 5.74) is 18.9. The minimum absolute atomic E-state index is 0.225. The van der Waals surface area contributed by atoms with Crippen molar-refractivity contribution < 1.29 is 14.3 Å². The number of hydrogen-bond acceptors (Lipinski definition) is 5. The van der Waals surface area contributed by atoms with E-state index in [1.807, 2.05) is 54.6 Å². The Morgan fingerprint density at radius 1 is 0.605 bits per heavy atom. The van der Waals surface area contributed by atoms with Gasteiger partial charge in [-0.3, -0.25) is 4.79 Å². The molecule has 0 fully saturated rings. The molecule has 6 heteroatoms. The number of nitrogen functional groups attached to an aromatic ring is 2. The van der Waals surface area contributed by atoms with Gasteiger partial charge in [0.25, 0.3) is 5.91 Å². The van der Waals surface area contributed by atoms with Gasteiger partial charge in [-0.25, -0.2) is 0 Å². The van der Waals surface area contributed by atoms with Crippen LogP contribution < -0.4 is 26.3 Å². The molecule has 0 spiro atoms. The van der Waals surface area contributed by atoms with E-state index >= 15 is 0 Å². The Bertz CT molecular complexity index is 1610. The van der Waals surface area contributed by atoms with E-state index in [9.17, 15) is 4.79 Å². The minimum atomic E-state index is -0.380. The van der Waals surface area contributed by atoms with Crippen LogP contribution in [0.25, 0.3) is 11.1 Å². The zero-order valence-corrected chi connectivity index (χ0v) is 20.5. The van der Waals surface area contributed by atoms with Crippen molar-refractivity contribution in [1.82, 2.24) is 0 Å². The van der Waals surface area contributed by atoms with E-state index in [1.165, 1.54) is 22.3 Å². The Labute approximate surface area is 220 Å². The molecule has 6 nitrogen and oxygen atoms in total. The van der Waals surface area contributed by atoms with E-state index in [1.54, 1.807) is 42.5 Å². The Balaban J connectivity index is 1.36. The average molecular weight is 500 g/mol. The van der Waals surface area contributed by atoms with E-state index in [2.05, 4.69) is 17.4 Å². The topological polar surface area (TPSA) is 99.6 Å². The van der Waals surface area contributed by atoms with Crippen LogP contribution in [0.4, 0.5) is 17.1 Å². The average Bonchev–Trinajstić information content (AvgIpc) is 3.29. The van der Waals surface area contributed by atoms with Gasteiger partial charge in [0.1, 0.15) is 28.6 Å². The second-order valence-corrected chi connectivity index (χ2v) is 9.07. The van der Waals surface area contributed by atoms with Crippen LogP contribution in [0.3, 0.4) is 0 Å². The van der Waals surface area contributed by atoms with Crippen molar-refractivity contribution in [3.8, 4) is 34.1 Å². The van der Waals surface area contributed by atoms with E-state index in [0.717, 1.165) is 6.42 Å². The van der Waals surface area contributed by atoms with Crippen molar-refractivity contribution in [2.45, 2.75) is 6.42 Å². The van der Waals surface area contributed by atoms with Crippen molar-refractivity contribution >= 4 is 23.0 Å². The van der Waals surface area contributed by atoms with Gasteiger partial charge >= 0.3 is 0 Å². The fourth-order valence-corrected chi connectivity index (χ4v) is 4.71. The maximum atomic E-state index is 13.8. The van der Waals surface area contributed by atoms with Crippen LogP contribution in [0, 0.1) is 0 Å². The molecule has 0 unspecified atom stereocenters. The number of rotatable bonds is 6. The van der Waals surface area contributed by atoms with E-state index in [-0.39, 0.29) is 11.5 Å². The van der Waals surface area contributed by atoms with Crippen molar-refractivity contribution in [3.05, 3.63) is 126 Å². The lowest BCUT2D eigenvalue weighted by Crippen LogP contribution is -2.15. The first-order valence-corrected chi connectivity index (χ1v) is 12.3. The molecule has 1 amide bonds. The molecular formula is C32H25N3O3. The summed E-state index contributed by atoms with van der Waals surface area (Å²) in [6.07, 6.45) is 0.823. The Morgan fingerprint density at radius 2 is 1.16 bits per heavy atom. The number of ether oxygens (including phenoxy) is 2. The van der Waals surface area contributed by atoms with E-state index < -0.39 is 0 Å². The second-order valence-electron chi connectivity index (χ2n) is 9.07. The van der Waals surface area contributed by atoms with Gasteiger partial charge in [0, 0.05) is 5.69 Å². The number of para-hydroxylation sites is 4. The smallest absolute Gasteiger partial charge is 0.263 e. The third kappa shape index (κ3) is 4.40. The number of benzene rings is 5. The van der Waals surface area contributed by atoms with Crippen LogP contribution >= 0.6 is 0 Å². The highest BCUT2D eigenvalue weighted by Crippen LogP contribution is 2.40. The third-order valence-electron chi connectivity index (χ3n) is 6.54. The van der Waals surface area contributed by atoms with Gasteiger partial charge in [0.2, 0.25) is 0 Å². The fourth-order valence-electron chi connectivity index (χ4n) is 4.71. The van der Waals surface area contributed by atoms with Crippen LogP contribution in [0.5, 0.6) is 23.0 Å². The Hall–Kier alpha value is -5.23. The summed E-state index contributed by atoms with van der Waals surface area (Å²) in [5.74, 6) is 1.11. The highest BCUT2D eigenvalue weighted by atomic mass is 16.5. The quantitative estimate of drug-likeness (QED) is 0.209. The van der Waals surface area contributed by atoms with Gasteiger partial charge in [0.15, 0.2) is 0 Å². The zero-order chi connectivity index (χ0) is 26.1. The molecule has 5 aromatic carbocycles. The first-order chi connectivity index (χ1) is 18.6. The summed E-state index contributed by atoms with van der Waals surface area (Å²) in [4.78, 5) is 13.8. The SMILES string of the molecule is Nc1ccccc1Oc1cccc(Oc2ccccc2N)c1C(=O)Nc1ccc2c(c1)Cc1ccccc1-2. The normalized spacial score (nSPS) is 11.4. The second kappa shape index (κ2) is 9.67. The molecule has 1 aliphatic carbocycles. The lowest BCUT2D eigenvalue weighted by atomic mass is 10.1. The van der Waals surface area contributed by atoms with Gasteiger partial charge in [-0.05, 0) is 77.2 Å². The molecule has 0 radical (unpaired) electrons. The number of carbonyl (C=O) groups excluding carboxylic acids is 1. The number of carbonyl (C=O) groups is 1. The predicted molar refractivity (Wildman–Crippen MR) is 151 cm³/mol. The molecule has 0 saturated heterocycles. The van der Waals surface area contributed by atoms with Gasteiger partial charge < -0.3 is 26.3 Å². The van der Waals surface area contributed by atoms with Crippen molar-refractivity contribution in [2.75, 3.05) is 16.8 Å². The number of amides is 1. The van der Waals surface area contributed by atoms with Gasteiger partial charge in [-0.2, -0.15) is 0 Å². The first kappa shape index (κ1) is 23.2. The minimum Gasteiger partial charge on any atom is -0.454 e. The maximum Gasteiger partial charge on any atom is 0.263 e. The number of nitrogens with two attached hydrogens (primary N) is 2. The van der Waals surface area contributed by atoms with Gasteiger partial charge in [-0.1, -0.05) is 60.7 Å². The Kier molecular flexibility index (Phi) is 5.90. The predicted octanol–water partition coefficient (Wildman–Crippen LogP) is 7.26. The lowest BCUT2D eigenvalue weighted by molar-refractivity contribution is 0.102. The maximum absolute atomic E-state index is 13.8. The first-order valence-electron chi connectivity index (χ1n) is 12.3. The molecule has 0 atom stereocenters. The molecule has 38 heavy (non-hydrogen) atoms. The van der Waals surface area contributed by atoms with Crippen LogP contribution in [-0.2, 0) is 6.42 Å². The number of fused-ring (bicyclic) bond motifs is 3. The van der Waals surface area contributed by atoms with Crippen molar-refractivity contribution in [1.29, 1.82) is 0 Å². The van der Waals surface area contributed by atoms with Crippen molar-refractivity contribution in [2.24, 2.45) is 0 Å². The molecule has 6 rings (SSSR count). The van der Waals surface area contributed by atoms with E-state index in [4.69, 9.17) is 20.9 Å². The monoisotopic (exact) mass is 499 g/mol. The summed E-state index contributed by atoms with van der Waals surface area (Å²) in [6, 6.07) is 33.7. The summed E-state index contributed by atoms with van der Waals surface area (Å²) >= 11 is 0. The molecule has 5 aromatic rings. The molecular weight excluding hydrogens is 474 g/mol. The van der Waals surface area contributed by atoms with E-state index in [0.29, 0.717) is 40.1 Å². The number of nitrogens with one attached hydrogen (secondary N) is 1. The highest BCUT2D eigenvalue weighted by Gasteiger charge is 2.23. The molecule has 5 N–H and O–H groups in total. The van der Waals surface area contributed by atoms with Gasteiger partial charge in [-0.15, -0.1) is 0 Å². The van der Waals surface area contributed by atoms with Crippen LogP contribution in [-0.4, -0.2) is 5.91 Å². The largest absolute Gasteiger partial charge is 0.454 e. The molecule has 1 aliphatic rings. The lowest BCUT2D eigenvalue weighted by Gasteiger charge is -2.17. The third-order valence-corrected chi connectivity index (χ3v) is 6.54. The molecule has 186 valence electrons. The van der Waals surface area contributed by atoms with Crippen LogP contribution in [0.1, 0.15) is 21.5 Å². The van der Waals surface area contributed by atoms with Crippen molar-refractivity contribution in [3.63, 3.8) is 0 Å². The number of anilines is 3. The molecule has 0 aromatic heterocycles. The van der Waals surface area contributed by atoms with Crippen LogP contribution in [0.15, 0.2) is 109 Å². The molecule has 0 saturated carbocycles. The molecule has 0 bridgehead atoms. The number of hydrogen-bond donors (Lipinski definition) is 3. The summed E-state index contributed by atoms with van der Waals surface area (Å²) < 4.78 is 12.3. The zero-order valence-electron chi connectivity index (χ0n) is 20.5. The van der Waals surface area contributed by atoms with Crippen LogP contribution in [0.2, 0.25) is 0 Å². The molecule has 0 heterocycles. The summed E-state index contributed by atoms with van der Waals surface area (Å²) in [5, 5.41) is 3.03. The summed E-state index contributed by atoms with van der Waals surface area (Å²) in [6.45, 7) is 0. The van der Waals surface area contributed by atoms with Gasteiger partial charge in [0.05, 0.1) is 11.4 Å².